The van der Waals surface area contributed by atoms with Gasteiger partial charge in [-0.25, -0.2) is 0 Å². The third kappa shape index (κ3) is 5.92. The fourth-order valence-corrected chi connectivity index (χ4v) is 2.23. The third-order valence-corrected chi connectivity index (χ3v) is 3.47. The maximum Gasteiger partial charge on any atom is 0.244 e. The highest BCUT2D eigenvalue weighted by Crippen LogP contribution is 2.22. The SMILES string of the molecule is Cc1nn(CC(C)C)c(Cl)c1/C=C/C(=O)NCCC(C)C. The van der Waals surface area contributed by atoms with Crippen molar-refractivity contribution in [3.63, 3.8) is 0 Å². The highest BCUT2D eigenvalue weighted by atomic mass is 35.5. The van der Waals surface area contributed by atoms with Gasteiger partial charge >= 0.3 is 0 Å². The molecule has 0 spiro atoms. The lowest BCUT2D eigenvalue weighted by molar-refractivity contribution is -0.116. The normalized spacial score (nSPS) is 11.8. The van der Waals surface area contributed by atoms with Crippen LogP contribution in [0.4, 0.5) is 0 Å². The molecule has 0 aliphatic carbocycles. The molecule has 0 aromatic carbocycles. The number of aromatic nitrogens is 2. The van der Waals surface area contributed by atoms with E-state index in [9.17, 15) is 4.79 Å². The molecule has 5 heteroatoms. The second-order valence-corrected chi connectivity index (χ2v) is 6.53. The van der Waals surface area contributed by atoms with Gasteiger partial charge in [-0.2, -0.15) is 5.10 Å². The van der Waals surface area contributed by atoms with E-state index in [1.165, 1.54) is 6.08 Å². The van der Waals surface area contributed by atoms with E-state index in [-0.39, 0.29) is 5.91 Å². The van der Waals surface area contributed by atoms with Gasteiger partial charge in [0, 0.05) is 24.7 Å². The van der Waals surface area contributed by atoms with Gasteiger partial charge < -0.3 is 5.32 Å². The van der Waals surface area contributed by atoms with Gasteiger partial charge in [0.1, 0.15) is 5.15 Å². The summed E-state index contributed by atoms with van der Waals surface area (Å²) in [5.41, 5.74) is 1.66. The van der Waals surface area contributed by atoms with Crippen molar-refractivity contribution in [2.75, 3.05) is 6.54 Å². The van der Waals surface area contributed by atoms with Crippen LogP contribution >= 0.6 is 11.6 Å². The van der Waals surface area contributed by atoms with E-state index in [0.29, 0.717) is 23.5 Å². The van der Waals surface area contributed by atoms with E-state index in [4.69, 9.17) is 11.6 Å². The van der Waals surface area contributed by atoms with Crippen molar-refractivity contribution in [2.45, 2.75) is 47.6 Å². The summed E-state index contributed by atoms with van der Waals surface area (Å²) in [4.78, 5) is 11.7. The van der Waals surface area contributed by atoms with Gasteiger partial charge in [-0.05, 0) is 31.3 Å². The van der Waals surface area contributed by atoms with Crippen LogP contribution in [0, 0.1) is 18.8 Å². The zero-order valence-electron chi connectivity index (χ0n) is 13.6. The summed E-state index contributed by atoms with van der Waals surface area (Å²) in [6.07, 6.45) is 4.24. The molecule has 0 saturated carbocycles. The van der Waals surface area contributed by atoms with Gasteiger partial charge in [-0.15, -0.1) is 0 Å². The molecule has 1 N–H and O–H groups in total. The van der Waals surface area contributed by atoms with Gasteiger partial charge in [0.15, 0.2) is 0 Å². The number of hydrogen-bond donors (Lipinski definition) is 1. The van der Waals surface area contributed by atoms with E-state index >= 15 is 0 Å². The number of rotatable bonds is 7. The predicted molar refractivity (Wildman–Crippen MR) is 88.3 cm³/mol. The number of amides is 1. The lowest BCUT2D eigenvalue weighted by atomic mass is 10.1. The van der Waals surface area contributed by atoms with Crippen LogP contribution in [0.25, 0.3) is 6.08 Å². The summed E-state index contributed by atoms with van der Waals surface area (Å²) in [6, 6.07) is 0. The minimum atomic E-state index is -0.0947. The van der Waals surface area contributed by atoms with Crippen LogP contribution in [0.15, 0.2) is 6.08 Å². The van der Waals surface area contributed by atoms with Crippen molar-refractivity contribution in [3.8, 4) is 0 Å². The number of aryl methyl sites for hydroxylation is 1. The first-order chi connectivity index (χ1) is 9.81. The summed E-state index contributed by atoms with van der Waals surface area (Å²) in [6.45, 7) is 11.9. The molecular formula is C16H26ClN3O. The van der Waals surface area contributed by atoms with Crippen LogP contribution in [0.5, 0.6) is 0 Å². The maximum atomic E-state index is 11.7. The van der Waals surface area contributed by atoms with E-state index < -0.39 is 0 Å². The Kier molecular flexibility index (Phi) is 6.96. The molecule has 0 saturated heterocycles. The van der Waals surface area contributed by atoms with Crippen molar-refractivity contribution in [1.82, 2.24) is 15.1 Å². The Hall–Kier alpha value is -1.29. The topological polar surface area (TPSA) is 46.9 Å². The zero-order valence-corrected chi connectivity index (χ0v) is 14.4. The molecule has 1 heterocycles. The van der Waals surface area contributed by atoms with Crippen molar-refractivity contribution >= 4 is 23.6 Å². The summed E-state index contributed by atoms with van der Waals surface area (Å²) in [5.74, 6) is 0.959. The number of nitrogens with one attached hydrogen (secondary N) is 1. The maximum absolute atomic E-state index is 11.7. The molecular weight excluding hydrogens is 286 g/mol. The summed E-state index contributed by atoms with van der Waals surface area (Å²) >= 11 is 6.32. The van der Waals surface area contributed by atoms with Crippen molar-refractivity contribution in [2.24, 2.45) is 11.8 Å². The van der Waals surface area contributed by atoms with Gasteiger partial charge in [0.05, 0.1) is 5.69 Å². The Morgan fingerprint density at radius 3 is 2.57 bits per heavy atom. The van der Waals surface area contributed by atoms with Crippen LogP contribution in [-0.2, 0) is 11.3 Å². The molecule has 0 atom stereocenters. The van der Waals surface area contributed by atoms with Crippen molar-refractivity contribution in [3.05, 3.63) is 22.5 Å². The number of halogens is 1. The Bertz CT molecular complexity index is 504. The first kappa shape index (κ1) is 17.8. The smallest absolute Gasteiger partial charge is 0.244 e. The van der Waals surface area contributed by atoms with Crippen LogP contribution in [0.3, 0.4) is 0 Å². The molecule has 21 heavy (non-hydrogen) atoms. The minimum Gasteiger partial charge on any atom is -0.353 e. The number of carbonyl (C=O) groups excluding carboxylic acids is 1. The Balaban J connectivity index is 2.67. The molecule has 0 unspecified atom stereocenters. The Morgan fingerprint density at radius 1 is 1.33 bits per heavy atom. The molecule has 0 bridgehead atoms. The van der Waals surface area contributed by atoms with Crippen molar-refractivity contribution in [1.29, 1.82) is 0 Å². The molecule has 0 aliphatic heterocycles. The van der Waals surface area contributed by atoms with E-state index in [2.05, 4.69) is 38.1 Å². The standard InChI is InChI=1S/C16H26ClN3O/c1-11(2)8-9-18-15(21)7-6-14-13(5)19-20(16(14)17)10-12(3)4/h6-7,11-12H,8-10H2,1-5H3,(H,18,21)/b7-6+. The Labute approximate surface area is 132 Å². The number of nitrogens with zero attached hydrogens (tertiary/aromatic N) is 2. The molecule has 4 nitrogen and oxygen atoms in total. The highest BCUT2D eigenvalue weighted by Gasteiger charge is 2.12. The Morgan fingerprint density at radius 2 is 2.00 bits per heavy atom. The van der Waals surface area contributed by atoms with Gasteiger partial charge in [-0.3, -0.25) is 9.48 Å². The van der Waals surface area contributed by atoms with Crippen LogP contribution in [-0.4, -0.2) is 22.2 Å². The molecule has 0 radical (unpaired) electrons. The predicted octanol–water partition coefficient (Wildman–Crippen LogP) is 3.68. The van der Waals surface area contributed by atoms with Crippen LogP contribution in [0.2, 0.25) is 5.15 Å². The molecule has 1 rings (SSSR count). The second-order valence-electron chi connectivity index (χ2n) is 6.17. The molecule has 1 aromatic heterocycles. The first-order valence-corrected chi connectivity index (χ1v) is 7.87. The third-order valence-electron chi connectivity index (χ3n) is 3.07. The van der Waals surface area contributed by atoms with Crippen LogP contribution in [0.1, 0.15) is 45.4 Å². The second kappa shape index (κ2) is 8.23. The summed E-state index contributed by atoms with van der Waals surface area (Å²) in [5, 5.41) is 7.87. The first-order valence-electron chi connectivity index (χ1n) is 7.50. The lowest BCUT2D eigenvalue weighted by Gasteiger charge is -2.05. The van der Waals surface area contributed by atoms with Crippen LogP contribution < -0.4 is 5.32 Å². The summed E-state index contributed by atoms with van der Waals surface area (Å²) in [7, 11) is 0. The molecule has 1 amide bonds. The molecule has 1 aromatic rings. The van der Waals surface area contributed by atoms with Crippen molar-refractivity contribution < 1.29 is 4.79 Å². The quantitative estimate of drug-likeness (QED) is 0.781. The van der Waals surface area contributed by atoms with Gasteiger partial charge in [0.25, 0.3) is 0 Å². The summed E-state index contributed by atoms with van der Waals surface area (Å²) < 4.78 is 1.79. The van der Waals surface area contributed by atoms with Gasteiger partial charge in [-0.1, -0.05) is 39.3 Å². The van der Waals surface area contributed by atoms with Gasteiger partial charge in [0.2, 0.25) is 5.91 Å². The van der Waals surface area contributed by atoms with E-state index in [1.54, 1.807) is 10.8 Å². The average molecular weight is 312 g/mol. The molecule has 118 valence electrons. The lowest BCUT2D eigenvalue weighted by Crippen LogP contribution is -2.23. The fourth-order valence-electron chi connectivity index (χ4n) is 1.93. The largest absolute Gasteiger partial charge is 0.353 e. The number of hydrogen-bond acceptors (Lipinski definition) is 2. The average Bonchev–Trinajstić information content (AvgIpc) is 2.61. The fraction of sp³-hybridized carbons (Fsp3) is 0.625. The van der Waals surface area contributed by atoms with E-state index in [0.717, 1.165) is 24.2 Å². The molecule has 0 aliphatic rings. The zero-order chi connectivity index (χ0) is 16.0. The minimum absolute atomic E-state index is 0.0947. The molecule has 0 fully saturated rings. The monoisotopic (exact) mass is 311 g/mol. The highest BCUT2D eigenvalue weighted by molar-refractivity contribution is 6.31. The number of carbonyl (C=O) groups is 1. The van der Waals surface area contributed by atoms with E-state index in [1.807, 2.05) is 6.92 Å².